The third kappa shape index (κ3) is 3.03. The minimum atomic E-state index is 0.441. The average Bonchev–Trinajstić information content (AvgIpc) is 2.15. The van der Waals surface area contributed by atoms with Crippen molar-refractivity contribution in [2.24, 2.45) is 0 Å². The van der Waals surface area contributed by atoms with Gasteiger partial charge in [-0.2, -0.15) is 0 Å². The first-order valence-electron chi connectivity index (χ1n) is 4.56. The van der Waals surface area contributed by atoms with Gasteiger partial charge in [0, 0.05) is 12.5 Å². The van der Waals surface area contributed by atoms with E-state index in [4.69, 9.17) is 0 Å². The molecule has 0 spiro atoms. The molecule has 0 heterocycles. The third-order valence-electron chi connectivity index (χ3n) is 2.07. The van der Waals surface area contributed by atoms with Crippen molar-refractivity contribution in [1.82, 2.24) is 4.90 Å². The van der Waals surface area contributed by atoms with Crippen LogP contribution in [0.15, 0.2) is 43.0 Å². The molecule has 1 aromatic rings. The highest BCUT2D eigenvalue weighted by molar-refractivity contribution is 5.23. The highest BCUT2D eigenvalue weighted by Crippen LogP contribution is 2.16. The number of benzene rings is 1. The summed E-state index contributed by atoms with van der Waals surface area (Å²) in [4.78, 5) is 2.18. The second kappa shape index (κ2) is 4.83. The zero-order valence-electron chi connectivity index (χ0n) is 8.40. The molecule has 0 aliphatic heterocycles. The van der Waals surface area contributed by atoms with E-state index in [0.29, 0.717) is 5.92 Å². The predicted octanol–water partition coefficient (Wildman–Crippen LogP) is 2.52. The second-order valence-corrected chi connectivity index (χ2v) is 3.52. The normalized spacial score (nSPS) is 12.8. The van der Waals surface area contributed by atoms with Crippen LogP contribution in [-0.2, 0) is 0 Å². The van der Waals surface area contributed by atoms with E-state index in [-0.39, 0.29) is 0 Å². The molecule has 1 aromatic carbocycles. The van der Waals surface area contributed by atoms with Crippen molar-refractivity contribution in [3.05, 3.63) is 48.6 Å². The topological polar surface area (TPSA) is 3.24 Å². The summed E-state index contributed by atoms with van der Waals surface area (Å²) in [6, 6.07) is 10.5. The van der Waals surface area contributed by atoms with Gasteiger partial charge in [-0.25, -0.2) is 0 Å². The summed E-state index contributed by atoms with van der Waals surface area (Å²) in [6.07, 6.45) is 2.01. The molecule has 0 fully saturated rings. The maximum absolute atomic E-state index is 3.86. The van der Waals surface area contributed by atoms with E-state index in [1.54, 1.807) is 0 Å². The number of hydrogen-bond acceptors (Lipinski definition) is 1. The maximum Gasteiger partial charge on any atom is 0.0143 e. The standard InChI is InChI=1S/C12H17N/c1-4-11(10-13(2)3)12-8-6-5-7-9-12/h4-9,11H,1,10H2,2-3H3. The van der Waals surface area contributed by atoms with E-state index < -0.39 is 0 Å². The molecule has 1 nitrogen and oxygen atoms in total. The number of rotatable bonds is 4. The average molecular weight is 175 g/mol. The molecule has 1 unspecified atom stereocenters. The van der Waals surface area contributed by atoms with Crippen LogP contribution in [0.5, 0.6) is 0 Å². The van der Waals surface area contributed by atoms with Gasteiger partial charge in [-0.1, -0.05) is 36.4 Å². The highest BCUT2D eigenvalue weighted by Gasteiger charge is 2.06. The number of likely N-dealkylation sites (N-methyl/N-ethyl adjacent to an activating group) is 1. The quantitative estimate of drug-likeness (QED) is 0.636. The van der Waals surface area contributed by atoms with Gasteiger partial charge in [0.25, 0.3) is 0 Å². The van der Waals surface area contributed by atoms with Gasteiger partial charge in [-0.3, -0.25) is 0 Å². The van der Waals surface area contributed by atoms with Crippen molar-refractivity contribution in [2.45, 2.75) is 5.92 Å². The van der Waals surface area contributed by atoms with Crippen LogP contribution in [0.1, 0.15) is 11.5 Å². The molecule has 0 N–H and O–H groups in total. The van der Waals surface area contributed by atoms with Crippen LogP contribution in [0.3, 0.4) is 0 Å². The Morgan fingerprint density at radius 2 is 1.92 bits per heavy atom. The van der Waals surface area contributed by atoms with Gasteiger partial charge in [0.2, 0.25) is 0 Å². The Bertz CT molecular complexity index is 251. The monoisotopic (exact) mass is 175 g/mol. The maximum atomic E-state index is 3.86. The van der Waals surface area contributed by atoms with Gasteiger partial charge in [0.1, 0.15) is 0 Å². The van der Waals surface area contributed by atoms with Gasteiger partial charge in [0.05, 0.1) is 0 Å². The lowest BCUT2D eigenvalue weighted by Gasteiger charge is -2.17. The molecule has 0 aliphatic carbocycles. The molecule has 0 radical (unpaired) electrons. The highest BCUT2D eigenvalue weighted by atomic mass is 15.1. The molecular formula is C12H17N. The van der Waals surface area contributed by atoms with Gasteiger partial charge < -0.3 is 4.90 Å². The fraction of sp³-hybridized carbons (Fsp3) is 0.333. The lowest BCUT2D eigenvalue weighted by molar-refractivity contribution is 0.396. The van der Waals surface area contributed by atoms with Crippen LogP contribution >= 0.6 is 0 Å². The van der Waals surface area contributed by atoms with E-state index in [9.17, 15) is 0 Å². The minimum absolute atomic E-state index is 0.441. The SMILES string of the molecule is C=CC(CN(C)C)c1ccccc1. The van der Waals surface area contributed by atoms with Gasteiger partial charge in [0.15, 0.2) is 0 Å². The molecule has 0 aromatic heterocycles. The largest absolute Gasteiger partial charge is 0.308 e. The van der Waals surface area contributed by atoms with Crippen molar-refractivity contribution in [1.29, 1.82) is 0 Å². The number of nitrogens with zero attached hydrogens (tertiary/aromatic N) is 1. The Balaban J connectivity index is 2.73. The molecule has 0 saturated carbocycles. The zero-order valence-corrected chi connectivity index (χ0v) is 8.40. The Hall–Kier alpha value is -1.08. The molecule has 0 saturated heterocycles. The molecule has 1 atom stereocenters. The Kier molecular flexibility index (Phi) is 3.71. The summed E-state index contributed by atoms with van der Waals surface area (Å²) in [5.41, 5.74) is 1.34. The molecule has 1 rings (SSSR count). The van der Waals surface area contributed by atoms with E-state index >= 15 is 0 Å². The lowest BCUT2D eigenvalue weighted by Crippen LogP contribution is -2.18. The molecular weight excluding hydrogens is 158 g/mol. The molecule has 1 heteroatoms. The van der Waals surface area contributed by atoms with Crippen LogP contribution in [0.25, 0.3) is 0 Å². The zero-order chi connectivity index (χ0) is 9.68. The number of hydrogen-bond donors (Lipinski definition) is 0. The molecule has 0 bridgehead atoms. The van der Waals surface area contributed by atoms with E-state index in [1.165, 1.54) is 5.56 Å². The van der Waals surface area contributed by atoms with Crippen LogP contribution in [0.4, 0.5) is 0 Å². The third-order valence-corrected chi connectivity index (χ3v) is 2.07. The van der Waals surface area contributed by atoms with Crippen molar-refractivity contribution in [3.8, 4) is 0 Å². The molecule has 0 aliphatic rings. The van der Waals surface area contributed by atoms with Crippen molar-refractivity contribution >= 4 is 0 Å². The van der Waals surface area contributed by atoms with Gasteiger partial charge in [-0.15, -0.1) is 6.58 Å². The molecule has 0 amide bonds. The van der Waals surface area contributed by atoms with E-state index in [2.05, 4.69) is 49.8 Å². The summed E-state index contributed by atoms with van der Waals surface area (Å²) in [6.45, 7) is 4.89. The predicted molar refractivity (Wildman–Crippen MR) is 57.9 cm³/mol. The van der Waals surface area contributed by atoms with Crippen LogP contribution in [0, 0.1) is 0 Å². The van der Waals surface area contributed by atoms with Gasteiger partial charge >= 0.3 is 0 Å². The molecule has 70 valence electrons. The van der Waals surface area contributed by atoms with Crippen molar-refractivity contribution in [2.75, 3.05) is 20.6 Å². The minimum Gasteiger partial charge on any atom is -0.308 e. The van der Waals surface area contributed by atoms with Crippen molar-refractivity contribution in [3.63, 3.8) is 0 Å². The van der Waals surface area contributed by atoms with E-state index in [0.717, 1.165) is 6.54 Å². The Labute approximate surface area is 80.7 Å². The summed E-state index contributed by atoms with van der Waals surface area (Å²) in [7, 11) is 4.17. The summed E-state index contributed by atoms with van der Waals surface area (Å²) in [5.74, 6) is 0.441. The Morgan fingerprint density at radius 3 is 2.38 bits per heavy atom. The lowest BCUT2D eigenvalue weighted by atomic mass is 9.99. The van der Waals surface area contributed by atoms with Crippen molar-refractivity contribution < 1.29 is 0 Å². The summed E-state index contributed by atoms with van der Waals surface area (Å²) in [5, 5.41) is 0. The van der Waals surface area contributed by atoms with Crippen LogP contribution in [0.2, 0.25) is 0 Å². The van der Waals surface area contributed by atoms with Gasteiger partial charge in [-0.05, 0) is 19.7 Å². The summed E-state index contributed by atoms with van der Waals surface area (Å²) < 4.78 is 0. The first kappa shape index (κ1) is 10.0. The first-order valence-corrected chi connectivity index (χ1v) is 4.56. The fourth-order valence-corrected chi connectivity index (χ4v) is 1.41. The first-order chi connectivity index (χ1) is 6.24. The van der Waals surface area contributed by atoms with Crippen LogP contribution < -0.4 is 0 Å². The van der Waals surface area contributed by atoms with Crippen LogP contribution in [-0.4, -0.2) is 25.5 Å². The second-order valence-electron chi connectivity index (χ2n) is 3.52. The van der Waals surface area contributed by atoms with E-state index in [1.807, 2.05) is 12.1 Å². The fourth-order valence-electron chi connectivity index (χ4n) is 1.41. The summed E-state index contributed by atoms with van der Waals surface area (Å²) >= 11 is 0. The smallest absolute Gasteiger partial charge is 0.0143 e. The molecule has 13 heavy (non-hydrogen) atoms. The Morgan fingerprint density at radius 1 is 1.31 bits per heavy atom.